The van der Waals surface area contributed by atoms with Crippen molar-refractivity contribution in [3.63, 3.8) is 0 Å². The largest absolute Gasteiger partial charge is 0.506 e. The van der Waals surface area contributed by atoms with E-state index in [9.17, 15) is 18.3 Å². The average Bonchev–Trinajstić information content (AvgIpc) is 2.54. The standard InChI is InChI=1S/C16H26N2O4S2/c1-4-7-10-23-12-16(20)17-14-11-13(8-9-15(14)19)24(21,22)18(5-2)6-3/h8-9,11,19H,4-7,10,12H2,1-3H3,(H,17,20). The summed E-state index contributed by atoms with van der Waals surface area (Å²) in [6, 6.07) is 3.93. The van der Waals surface area contributed by atoms with Crippen molar-refractivity contribution in [3.05, 3.63) is 18.2 Å². The number of hydrogen-bond acceptors (Lipinski definition) is 5. The number of nitrogens with one attached hydrogen (secondary N) is 1. The number of phenols is 1. The maximum absolute atomic E-state index is 12.5. The van der Waals surface area contributed by atoms with Crippen LogP contribution in [-0.2, 0) is 14.8 Å². The molecule has 0 saturated carbocycles. The van der Waals surface area contributed by atoms with Gasteiger partial charge in [-0.3, -0.25) is 4.79 Å². The Morgan fingerprint density at radius 2 is 1.92 bits per heavy atom. The zero-order chi connectivity index (χ0) is 18.2. The summed E-state index contributed by atoms with van der Waals surface area (Å²) in [5.74, 6) is 0.753. The molecule has 0 fully saturated rings. The van der Waals surface area contributed by atoms with Crippen LogP contribution in [0.3, 0.4) is 0 Å². The number of hydrogen-bond donors (Lipinski definition) is 2. The lowest BCUT2D eigenvalue weighted by atomic mass is 10.3. The van der Waals surface area contributed by atoms with E-state index in [1.165, 1.54) is 34.3 Å². The van der Waals surface area contributed by atoms with Crippen LogP contribution in [0.25, 0.3) is 0 Å². The van der Waals surface area contributed by atoms with E-state index in [2.05, 4.69) is 12.2 Å². The third-order valence-corrected chi connectivity index (χ3v) is 6.55. The summed E-state index contributed by atoms with van der Waals surface area (Å²) >= 11 is 1.51. The van der Waals surface area contributed by atoms with E-state index in [-0.39, 0.29) is 28.0 Å². The molecule has 6 nitrogen and oxygen atoms in total. The number of sulfonamides is 1. The number of amides is 1. The van der Waals surface area contributed by atoms with Crippen molar-refractivity contribution in [1.29, 1.82) is 0 Å². The van der Waals surface area contributed by atoms with Gasteiger partial charge in [-0.25, -0.2) is 8.42 Å². The van der Waals surface area contributed by atoms with Crippen LogP contribution in [-0.4, -0.2) is 48.3 Å². The number of anilines is 1. The number of carbonyl (C=O) groups is 1. The molecule has 0 atom stereocenters. The molecule has 1 rings (SSSR count). The second-order valence-corrected chi connectivity index (χ2v) is 8.27. The Hall–Kier alpha value is -1.25. The quantitative estimate of drug-likeness (QED) is 0.486. The molecule has 1 aromatic rings. The second kappa shape index (κ2) is 9.90. The fourth-order valence-corrected chi connectivity index (χ4v) is 4.47. The fourth-order valence-electron chi connectivity index (χ4n) is 2.09. The number of nitrogens with zero attached hydrogens (tertiary/aromatic N) is 1. The van der Waals surface area contributed by atoms with Crippen molar-refractivity contribution in [2.24, 2.45) is 0 Å². The molecule has 0 aliphatic heterocycles. The van der Waals surface area contributed by atoms with Gasteiger partial charge in [-0.15, -0.1) is 0 Å². The molecule has 0 aromatic heterocycles. The highest BCUT2D eigenvalue weighted by Crippen LogP contribution is 2.28. The van der Waals surface area contributed by atoms with Crippen molar-refractivity contribution >= 4 is 33.4 Å². The number of aromatic hydroxyl groups is 1. The zero-order valence-electron chi connectivity index (χ0n) is 14.4. The van der Waals surface area contributed by atoms with Crippen LogP contribution in [0.5, 0.6) is 5.75 Å². The van der Waals surface area contributed by atoms with Gasteiger partial charge in [0, 0.05) is 13.1 Å². The minimum atomic E-state index is -3.63. The number of unbranched alkanes of at least 4 members (excludes halogenated alkanes) is 1. The Balaban J connectivity index is 2.88. The second-order valence-electron chi connectivity index (χ2n) is 5.22. The highest BCUT2D eigenvalue weighted by atomic mass is 32.2. The Morgan fingerprint density at radius 1 is 1.25 bits per heavy atom. The molecule has 0 aliphatic carbocycles. The number of thioether (sulfide) groups is 1. The van der Waals surface area contributed by atoms with Gasteiger partial charge in [0.1, 0.15) is 5.75 Å². The van der Waals surface area contributed by atoms with Gasteiger partial charge in [-0.2, -0.15) is 16.1 Å². The first-order valence-electron chi connectivity index (χ1n) is 8.07. The van der Waals surface area contributed by atoms with Crippen molar-refractivity contribution in [2.75, 3.05) is 29.9 Å². The third kappa shape index (κ3) is 5.68. The average molecular weight is 375 g/mol. The molecular formula is C16H26N2O4S2. The predicted molar refractivity (Wildman–Crippen MR) is 99.1 cm³/mol. The van der Waals surface area contributed by atoms with E-state index < -0.39 is 10.0 Å². The zero-order valence-corrected chi connectivity index (χ0v) is 16.0. The van der Waals surface area contributed by atoms with Crippen LogP contribution in [0.15, 0.2) is 23.1 Å². The summed E-state index contributed by atoms with van der Waals surface area (Å²) in [5.41, 5.74) is 0.115. The van der Waals surface area contributed by atoms with Crippen LogP contribution < -0.4 is 5.32 Å². The van der Waals surface area contributed by atoms with Gasteiger partial charge in [-0.1, -0.05) is 27.2 Å². The molecule has 1 aromatic carbocycles. The van der Waals surface area contributed by atoms with Gasteiger partial charge in [0.25, 0.3) is 0 Å². The molecule has 24 heavy (non-hydrogen) atoms. The Morgan fingerprint density at radius 3 is 2.50 bits per heavy atom. The number of phenolic OH excluding ortho intramolecular Hbond substituents is 1. The molecule has 1 amide bonds. The number of benzene rings is 1. The smallest absolute Gasteiger partial charge is 0.243 e. The van der Waals surface area contributed by atoms with Crippen molar-refractivity contribution in [3.8, 4) is 5.75 Å². The Bertz CT molecular complexity index is 643. The minimum Gasteiger partial charge on any atom is -0.506 e. The van der Waals surface area contributed by atoms with E-state index in [1.54, 1.807) is 13.8 Å². The predicted octanol–water partition coefficient (Wildman–Crippen LogP) is 2.89. The molecule has 0 radical (unpaired) electrons. The topological polar surface area (TPSA) is 86.7 Å². The van der Waals surface area contributed by atoms with Gasteiger partial charge < -0.3 is 10.4 Å². The molecule has 136 valence electrons. The van der Waals surface area contributed by atoms with E-state index >= 15 is 0 Å². The summed E-state index contributed by atoms with van der Waals surface area (Å²) in [5, 5.41) is 12.5. The summed E-state index contributed by atoms with van der Waals surface area (Å²) in [6.07, 6.45) is 2.11. The maximum atomic E-state index is 12.5. The minimum absolute atomic E-state index is 0.0536. The molecule has 0 bridgehead atoms. The lowest BCUT2D eigenvalue weighted by molar-refractivity contribution is -0.113. The first-order valence-corrected chi connectivity index (χ1v) is 10.7. The lowest BCUT2D eigenvalue weighted by Crippen LogP contribution is -2.30. The fraction of sp³-hybridized carbons (Fsp3) is 0.562. The summed E-state index contributed by atoms with van der Waals surface area (Å²) in [4.78, 5) is 12.0. The van der Waals surface area contributed by atoms with Crippen LogP contribution in [0.1, 0.15) is 33.6 Å². The van der Waals surface area contributed by atoms with Crippen molar-refractivity contribution in [2.45, 2.75) is 38.5 Å². The number of rotatable bonds is 10. The van der Waals surface area contributed by atoms with E-state index in [0.717, 1.165) is 18.6 Å². The Kier molecular flexibility index (Phi) is 8.58. The van der Waals surface area contributed by atoms with Crippen LogP contribution in [0.2, 0.25) is 0 Å². The van der Waals surface area contributed by atoms with Gasteiger partial charge >= 0.3 is 0 Å². The van der Waals surface area contributed by atoms with Crippen LogP contribution >= 0.6 is 11.8 Å². The Labute approximate surface area is 148 Å². The van der Waals surface area contributed by atoms with Crippen molar-refractivity contribution < 1.29 is 18.3 Å². The summed E-state index contributed by atoms with van der Waals surface area (Å²) in [6.45, 7) is 6.32. The molecule has 0 saturated heterocycles. The normalized spacial score (nSPS) is 11.7. The first kappa shape index (κ1) is 20.8. The van der Waals surface area contributed by atoms with E-state index in [1.807, 2.05) is 0 Å². The summed E-state index contributed by atoms with van der Waals surface area (Å²) in [7, 11) is -3.63. The molecule has 2 N–H and O–H groups in total. The van der Waals surface area contributed by atoms with Crippen molar-refractivity contribution in [1.82, 2.24) is 4.31 Å². The summed E-state index contributed by atoms with van der Waals surface area (Å²) < 4.78 is 26.4. The van der Waals surface area contributed by atoms with Gasteiger partial charge in [-0.05, 0) is 30.4 Å². The SMILES string of the molecule is CCCCSCC(=O)Nc1cc(S(=O)(=O)N(CC)CC)ccc1O. The van der Waals surface area contributed by atoms with Crippen LogP contribution in [0.4, 0.5) is 5.69 Å². The lowest BCUT2D eigenvalue weighted by Gasteiger charge is -2.19. The van der Waals surface area contributed by atoms with E-state index in [0.29, 0.717) is 13.1 Å². The maximum Gasteiger partial charge on any atom is 0.243 e. The van der Waals surface area contributed by atoms with Gasteiger partial charge in [0.15, 0.2) is 0 Å². The molecule has 0 aliphatic rings. The van der Waals surface area contributed by atoms with E-state index in [4.69, 9.17) is 0 Å². The van der Waals surface area contributed by atoms with Crippen LogP contribution in [0, 0.1) is 0 Å². The molecule has 0 heterocycles. The molecule has 0 unspecified atom stereocenters. The molecule has 8 heteroatoms. The van der Waals surface area contributed by atoms with Gasteiger partial charge in [0.2, 0.25) is 15.9 Å². The van der Waals surface area contributed by atoms with Gasteiger partial charge in [0.05, 0.1) is 16.3 Å². The third-order valence-electron chi connectivity index (χ3n) is 3.46. The molecule has 0 spiro atoms. The molecular weight excluding hydrogens is 348 g/mol. The monoisotopic (exact) mass is 374 g/mol. The highest BCUT2D eigenvalue weighted by molar-refractivity contribution is 7.99. The highest BCUT2D eigenvalue weighted by Gasteiger charge is 2.23. The first-order chi connectivity index (χ1) is 11.4. The number of carbonyl (C=O) groups excluding carboxylic acids is 1.